The van der Waals surface area contributed by atoms with Gasteiger partial charge in [-0.25, -0.2) is 0 Å². The van der Waals surface area contributed by atoms with Crippen LogP contribution in [0.5, 0.6) is 5.75 Å². The van der Waals surface area contributed by atoms with E-state index < -0.39 is 28.6 Å². The zero-order valence-electron chi connectivity index (χ0n) is 12.6. The molecule has 0 unspecified atom stereocenters. The van der Waals surface area contributed by atoms with Crippen molar-refractivity contribution in [1.29, 1.82) is 0 Å². The number of nitro benzene ring substituents is 1. The van der Waals surface area contributed by atoms with E-state index in [0.717, 1.165) is 6.21 Å². The summed E-state index contributed by atoms with van der Waals surface area (Å²) in [6, 6.07) is 3.89. The number of hydrogen-bond donors (Lipinski definition) is 0. The number of carbonyl (C=O) groups is 2. The quantitative estimate of drug-likeness (QED) is 0.272. The molecule has 1 aromatic rings. The van der Waals surface area contributed by atoms with Crippen LogP contribution < -0.4 is 4.74 Å². The summed E-state index contributed by atoms with van der Waals surface area (Å²) in [6.45, 7) is 2.88. The van der Waals surface area contributed by atoms with Crippen molar-refractivity contribution in [2.24, 2.45) is 10.9 Å². The Bertz CT molecular complexity index is 676. The summed E-state index contributed by atoms with van der Waals surface area (Å²) < 4.78 is 14.8. The summed E-state index contributed by atoms with van der Waals surface area (Å²) in [4.78, 5) is 37.7. The molecule has 0 aromatic heterocycles. The standard InChI is InChI=1S/C14H14N2O7/c1-14(2)22-12(17)9(13(18)23-14)7-15-8-4-5-10(16(19)20)11(6-8)21-3/h4-7,9H,1-3H3/b15-7+. The molecule has 2 rings (SSSR count). The normalized spacial score (nSPS) is 17.7. The zero-order valence-corrected chi connectivity index (χ0v) is 12.6. The van der Waals surface area contributed by atoms with Crippen molar-refractivity contribution >= 4 is 29.5 Å². The van der Waals surface area contributed by atoms with E-state index in [4.69, 9.17) is 14.2 Å². The maximum atomic E-state index is 11.8. The molecule has 0 aliphatic carbocycles. The number of cyclic esters (lactones) is 2. The van der Waals surface area contributed by atoms with Gasteiger partial charge in [-0.05, 0) is 6.07 Å². The van der Waals surface area contributed by atoms with E-state index in [1.165, 1.54) is 39.2 Å². The predicted octanol–water partition coefficient (Wildman–Crippen LogP) is 1.76. The van der Waals surface area contributed by atoms with Crippen molar-refractivity contribution in [3.05, 3.63) is 28.3 Å². The minimum Gasteiger partial charge on any atom is -0.490 e. The SMILES string of the molecule is COc1cc(/N=C/C2C(=O)OC(C)(C)OC2=O)ccc1[N+](=O)[O-]. The number of benzene rings is 1. The average molecular weight is 322 g/mol. The van der Waals surface area contributed by atoms with E-state index in [9.17, 15) is 19.7 Å². The monoisotopic (exact) mass is 322 g/mol. The molecule has 122 valence electrons. The lowest BCUT2D eigenvalue weighted by Gasteiger charge is -2.31. The van der Waals surface area contributed by atoms with E-state index in [1.54, 1.807) is 0 Å². The fourth-order valence-corrected chi connectivity index (χ4v) is 1.91. The second kappa shape index (κ2) is 6.03. The summed E-state index contributed by atoms with van der Waals surface area (Å²) in [6.07, 6.45) is 1.07. The number of esters is 2. The van der Waals surface area contributed by atoms with Crippen LogP contribution in [0, 0.1) is 16.0 Å². The van der Waals surface area contributed by atoms with E-state index in [-0.39, 0.29) is 17.1 Å². The van der Waals surface area contributed by atoms with Gasteiger partial charge in [-0.3, -0.25) is 24.7 Å². The molecule has 0 saturated carbocycles. The van der Waals surface area contributed by atoms with Crippen LogP contribution in [0.1, 0.15) is 13.8 Å². The third-order valence-electron chi connectivity index (χ3n) is 2.93. The Morgan fingerprint density at radius 3 is 2.43 bits per heavy atom. The largest absolute Gasteiger partial charge is 0.490 e. The summed E-state index contributed by atoms with van der Waals surface area (Å²) in [5.74, 6) is -4.13. The van der Waals surface area contributed by atoms with E-state index in [0.29, 0.717) is 0 Å². The van der Waals surface area contributed by atoms with Gasteiger partial charge in [0.05, 0.1) is 17.7 Å². The molecular formula is C14H14N2O7. The molecule has 0 radical (unpaired) electrons. The van der Waals surface area contributed by atoms with Gasteiger partial charge < -0.3 is 14.2 Å². The average Bonchev–Trinajstić information content (AvgIpc) is 2.44. The van der Waals surface area contributed by atoms with Gasteiger partial charge in [-0.15, -0.1) is 0 Å². The third-order valence-corrected chi connectivity index (χ3v) is 2.93. The Hall–Kier alpha value is -2.97. The van der Waals surface area contributed by atoms with Gasteiger partial charge in [-0.1, -0.05) is 0 Å². The molecule has 0 spiro atoms. The van der Waals surface area contributed by atoms with E-state index in [2.05, 4.69) is 4.99 Å². The second-order valence-electron chi connectivity index (χ2n) is 5.11. The minimum absolute atomic E-state index is 0.0135. The highest BCUT2D eigenvalue weighted by Gasteiger charge is 2.42. The van der Waals surface area contributed by atoms with Crippen molar-refractivity contribution in [3.8, 4) is 5.75 Å². The Balaban J connectivity index is 2.22. The molecule has 1 aromatic carbocycles. The van der Waals surface area contributed by atoms with Gasteiger partial charge in [-0.2, -0.15) is 0 Å². The number of rotatable bonds is 4. The number of aliphatic imine (C=N–C) groups is 1. The van der Waals surface area contributed by atoms with Crippen molar-refractivity contribution in [1.82, 2.24) is 0 Å². The number of hydrogen-bond acceptors (Lipinski definition) is 8. The van der Waals surface area contributed by atoms with Crippen LogP contribution in [0.25, 0.3) is 0 Å². The van der Waals surface area contributed by atoms with Crippen LogP contribution in [-0.2, 0) is 19.1 Å². The fourth-order valence-electron chi connectivity index (χ4n) is 1.91. The molecule has 1 aliphatic heterocycles. The first-order valence-electron chi connectivity index (χ1n) is 6.56. The van der Waals surface area contributed by atoms with E-state index in [1.807, 2.05) is 0 Å². The van der Waals surface area contributed by atoms with Gasteiger partial charge in [0.1, 0.15) is 0 Å². The van der Waals surface area contributed by atoms with Gasteiger partial charge in [0, 0.05) is 32.2 Å². The number of nitro groups is 1. The first-order valence-corrected chi connectivity index (χ1v) is 6.56. The van der Waals surface area contributed by atoms with Crippen molar-refractivity contribution in [3.63, 3.8) is 0 Å². The van der Waals surface area contributed by atoms with Crippen LogP contribution >= 0.6 is 0 Å². The highest BCUT2D eigenvalue weighted by atomic mass is 16.7. The van der Waals surface area contributed by atoms with E-state index >= 15 is 0 Å². The third kappa shape index (κ3) is 3.62. The predicted molar refractivity (Wildman–Crippen MR) is 77.6 cm³/mol. The molecule has 1 aliphatic rings. The molecule has 0 N–H and O–H groups in total. The number of carbonyl (C=O) groups excluding carboxylic acids is 2. The van der Waals surface area contributed by atoms with Crippen LogP contribution in [0.15, 0.2) is 23.2 Å². The molecule has 9 heteroatoms. The second-order valence-corrected chi connectivity index (χ2v) is 5.11. The molecule has 0 bridgehead atoms. The highest BCUT2D eigenvalue weighted by Crippen LogP contribution is 2.31. The molecule has 1 saturated heterocycles. The summed E-state index contributed by atoms with van der Waals surface area (Å²) >= 11 is 0. The number of nitrogens with zero attached hydrogens (tertiary/aromatic N) is 2. The summed E-state index contributed by atoms with van der Waals surface area (Å²) in [5.41, 5.74) is 0.0579. The molecule has 9 nitrogen and oxygen atoms in total. The first kappa shape index (κ1) is 16.4. The Labute approximate surface area is 131 Å². The number of ether oxygens (including phenoxy) is 3. The number of methoxy groups -OCH3 is 1. The van der Waals surface area contributed by atoms with Gasteiger partial charge in [0.25, 0.3) is 5.79 Å². The van der Waals surface area contributed by atoms with Gasteiger partial charge >= 0.3 is 17.6 Å². The van der Waals surface area contributed by atoms with Gasteiger partial charge in [0.2, 0.25) is 0 Å². The van der Waals surface area contributed by atoms with Crippen LogP contribution in [0.2, 0.25) is 0 Å². The zero-order chi connectivity index (χ0) is 17.2. The maximum absolute atomic E-state index is 11.8. The van der Waals surface area contributed by atoms with Gasteiger partial charge in [0.15, 0.2) is 11.7 Å². The van der Waals surface area contributed by atoms with Crippen molar-refractivity contribution in [2.75, 3.05) is 7.11 Å². The molecule has 1 heterocycles. The maximum Gasteiger partial charge on any atom is 0.329 e. The Morgan fingerprint density at radius 1 is 1.30 bits per heavy atom. The Morgan fingerprint density at radius 2 is 1.91 bits per heavy atom. The fraction of sp³-hybridized carbons (Fsp3) is 0.357. The van der Waals surface area contributed by atoms with Crippen LogP contribution in [0.4, 0.5) is 11.4 Å². The first-order chi connectivity index (χ1) is 10.7. The Kier molecular flexibility index (Phi) is 4.30. The minimum atomic E-state index is -1.31. The lowest BCUT2D eigenvalue weighted by molar-refractivity contribution is -0.385. The molecule has 1 fully saturated rings. The summed E-state index contributed by atoms with van der Waals surface area (Å²) in [5, 5.41) is 10.8. The molecule has 0 atom stereocenters. The van der Waals surface area contributed by atoms with Crippen molar-refractivity contribution in [2.45, 2.75) is 19.6 Å². The topological polar surface area (TPSA) is 117 Å². The van der Waals surface area contributed by atoms with Crippen molar-refractivity contribution < 1.29 is 28.7 Å². The molecule has 0 amide bonds. The molecular weight excluding hydrogens is 308 g/mol. The van der Waals surface area contributed by atoms with Crippen LogP contribution in [0.3, 0.4) is 0 Å². The highest BCUT2D eigenvalue weighted by molar-refractivity contribution is 6.10. The molecule has 23 heavy (non-hydrogen) atoms. The summed E-state index contributed by atoms with van der Waals surface area (Å²) in [7, 11) is 1.29. The van der Waals surface area contributed by atoms with Crippen LogP contribution in [-0.4, -0.2) is 36.0 Å². The lowest BCUT2D eigenvalue weighted by atomic mass is 10.1. The lowest BCUT2D eigenvalue weighted by Crippen LogP contribution is -2.46. The smallest absolute Gasteiger partial charge is 0.329 e.